The van der Waals surface area contributed by atoms with E-state index in [1.807, 2.05) is 0 Å². The number of halogens is 3. The maximum atomic E-state index is 11.9. The fourth-order valence-electron chi connectivity index (χ4n) is 0.999. The zero-order valence-electron chi connectivity index (χ0n) is 6.98. The van der Waals surface area contributed by atoms with Crippen LogP contribution in [0.15, 0.2) is 6.20 Å². The summed E-state index contributed by atoms with van der Waals surface area (Å²) in [4.78, 5) is 2.68. The first-order valence-corrected chi connectivity index (χ1v) is 4.12. The van der Waals surface area contributed by atoms with Gasteiger partial charge in [-0.1, -0.05) is 0 Å². The van der Waals surface area contributed by atoms with Crippen molar-refractivity contribution in [3.8, 4) is 0 Å². The number of imidazole rings is 1. The van der Waals surface area contributed by atoms with Crippen molar-refractivity contribution in [3.05, 3.63) is 16.7 Å². The lowest BCUT2D eigenvalue weighted by Gasteiger charge is -2.07. The molecular formula is C7H9F3N2S. The van der Waals surface area contributed by atoms with Gasteiger partial charge >= 0.3 is 6.18 Å². The minimum atomic E-state index is -4.13. The van der Waals surface area contributed by atoms with Crippen LogP contribution in [0.3, 0.4) is 0 Å². The minimum Gasteiger partial charge on any atom is -0.337 e. The number of aromatic nitrogens is 2. The number of hydrogen-bond acceptors (Lipinski definition) is 1. The smallest absolute Gasteiger partial charge is 0.337 e. The maximum absolute atomic E-state index is 11.9. The van der Waals surface area contributed by atoms with Crippen LogP contribution in [0.2, 0.25) is 0 Å². The van der Waals surface area contributed by atoms with Gasteiger partial charge in [-0.25, -0.2) is 0 Å². The monoisotopic (exact) mass is 210 g/mol. The van der Waals surface area contributed by atoms with Crippen molar-refractivity contribution in [3.63, 3.8) is 0 Å². The molecule has 0 aromatic carbocycles. The van der Waals surface area contributed by atoms with E-state index in [9.17, 15) is 13.2 Å². The van der Waals surface area contributed by atoms with Crippen molar-refractivity contribution in [2.24, 2.45) is 0 Å². The maximum Gasteiger partial charge on any atom is 0.390 e. The summed E-state index contributed by atoms with van der Waals surface area (Å²) in [6.07, 6.45) is -3.38. The van der Waals surface area contributed by atoms with Gasteiger partial charge in [-0.3, -0.25) is 0 Å². The largest absolute Gasteiger partial charge is 0.390 e. The van der Waals surface area contributed by atoms with Gasteiger partial charge in [-0.15, -0.1) is 0 Å². The molecule has 0 aliphatic rings. The Morgan fingerprint density at radius 2 is 2.15 bits per heavy atom. The molecule has 74 valence electrons. The second-order valence-electron chi connectivity index (χ2n) is 2.75. The van der Waals surface area contributed by atoms with E-state index in [1.165, 1.54) is 4.57 Å². The Balaban J connectivity index is 2.70. The van der Waals surface area contributed by atoms with E-state index in [0.717, 1.165) is 0 Å². The van der Waals surface area contributed by atoms with Gasteiger partial charge in [0, 0.05) is 18.4 Å². The number of aromatic amines is 1. The third kappa shape index (κ3) is 2.87. The predicted octanol–water partition coefficient (Wildman–Crippen LogP) is 2.81. The van der Waals surface area contributed by atoms with E-state index in [0.29, 0.717) is 10.5 Å². The van der Waals surface area contributed by atoms with Crippen molar-refractivity contribution in [1.29, 1.82) is 0 Å². The normalized spacial score (nSPS) is 12.0. The van der Waals surface area contributed by atoms with Gasteiger partial charge in [0.1, 0.15) is 0 Å². The third-order valence-corrected chi connectivity index (χ3v) is 2.03. The molecule has 13 heavy (non-hydrogen) atoms. The molecule has 1 aromatic rings. The second-order valence-corrected chi connectivity index (χ2v) is 3.14. The van der Waals surface area contributed by atoms with Gasteiger partial charge in [0.2, 0.25) is 0 Å². The van der Waals surface area contributed by atoms with Crippen LogP contribution in [0.1, 0.15) is 12.1 Å². The molecule has 0 fully saturated rings. The zero-order chi connectivity index (χ0) is 10.1. The average molecular weight is 210 g/mol. The van der Waals surface area contributed by atoms with Gasteiger partial charge in [0.15, 0.2) is 4.77 Å². The molecule has 0 bridgehead atoms. The number of hydrogen-bond donors (Lipinski definition) is 1. The summed E-state index contributed by atoms with van der Waals surface area (Å²) < 4.78 is 37.3. The van der Waals surface area contributed by atoms with Crippen LogP contribution in [0, 0.1) is 11.7 Å². The molecule has 0 aliphatic heterocycles. The van der Waals surface area contributed by atoms with Crippen LogP contribution in [0.25, 0.3) is 0 Å². The first-order chi connectivity index (χ1) is 5.90. The highest BCUT2D eigenvalue weighted by atomic mass is 32.1. The summed E-state index contributed by atoms with van der Waals surface area (Å²) in [5, 5.41) is 0. The number of nitrogens with one attached hydrogen (secondary N) is 1. The summed E-state index contributed by atoms with van der Waals surface area (Å²) in [6.45, 7) is 1.60. The van der Waals surface area contributed by atoms with E-state index < -0.39 is 12.6 Å². The predicted molar refractivity (Wildman–Crippen MR) is 45.0 cm³/mol. The van der Waals surface area contributed by atoms with E-state index in [-0.39, 0.29) is 6.54 Å². The molecule has 0 unspecified atom stereocenters. The summed E-state index contributed by atoms with van der Waals surface area (Å²) >= 11 is 4.80. The molecular weight excluding hydrogens is 201 g/mol. The zero-order valence-corrected chi connectivity index (χ0v) is 7.80. The van der Waals surface area contributed by atoms with E-state index in [2.05, 4.69) is 4.98 Å². The highest BCUT2D eigenvalue weighted by Gasteiger charge is 2.26. The molecule has 0 radical (unpaired) electrons. The molecule has 1 rings (SSSR count). The summed E-state index contributed by atoms with van der Waals surface area (Å²) in [5.41, 5.74) is 0.717. The van der Waals surface area contributed by atoms with Gasteiger partial charge in [0.05, 0.1) is 6.42 Å². The van der Waals surface area contributed by atoms with Crippen LogP contribution in [-0.2, 0) is 6.54 Å². The van der Waals surface area contributed by atoms with Crippen molar-refractivity contribution in [2.75, 3.05) is 0 Å². The highest BCUT2D eigenvalue weighted by Crippen LogP contribution is 2.20. The molecule has 0 spiro atoms. The summed E-state index contributed by atoms with van der Waals surface area (Å²) in [6, 6.07) is 0. The molecule has 2 nitrogen and oxygen atoms in total. The van der Waals surface area contributed by atoms with Crippen molar-refractivity contribution in [1.82, 2.24) is 9.55 Å². The quantitative estimate of drug-likeness (QED) is 0.744. The number of rotatable bonds is 2. The fraction of sp³-hybridized carbons (Fsp3) is 0.571. The summed E-state index contributed by atoms with van der Waals surface area (Å²) in [5.74, 6) is 0. The molecule has 1 N–H and O–H groups in total. The van der Waals surface area contributed by atoms with Crippen LogP contribution in [0.4, 0.5) is 13.2 Å². The van der Waals surface area contributed by atoms with Crippen molar-refractivity contribution in [2.45, 2.75) is 26.1 Å². The summed E-state index contributed by atoms with van der Waals surface area (Å²) in [7, 11) is 0. The van der Waals surface area contributed by atoms with Crippen LogP contribution < -0.4 is 0 Å². The average Bonchev–Trinajstić information content (AvgIpc) is 2.27. The fourth-order valence-corrected chi connectivity index (χ4v) is 1.29. The molecule has 0 atom stereocenters. The second kappa shape index (κ2) is 3.53. The SMILES string of the molecule is Cc1c[nH]c(=S)n1CCC(F)(F)F. The number of nitrogens with zero attached hydrogens (tertiary/aromatic N) is 1. The van der Waals surface area contributed by atoms with Gasteiger partial charge in [0.25, 0.3) is 0 Å². The standard InChI is InChI=1S/C7H9F3N2S/c1-5-4-11-6(13)12(5)3-2-7(8,9)10/h4H,2-3H2,1H3,(H,11,13). The third-order valence-electron chi connectivity index (χ3n) is 1.69. The van der Waals surface area contributed by atoms with E-state index in [1.54, 1.807) is 13.1 Å². The van der Waals surface area contributed by atoms with Crippen LogP contribution in [0.5, 0.6) is 0 Å². The van der Waals surface area contributed by atoms with Crippen molar-refractivity contribution >= 4 is 12.2 Å². The topological polar surface area (TPSA) is 20.7 Å². The molecule has 0 amide bonds. The number of H-pyrrole nitrogens is 1. The molecule has 0 saturated carbocycles. The lowest BCUT2D eigenvalue weighted by Crippen LogP contribution is -2.12. The van der Waals surface area contributed by atoms with Crippen molar-refractivity contribution < 1.29 is 13.2 Å². The van der Waals surface area contributed by atoms with E-state index in [4.69, 9.17) is 12.2 Å². The lowest BCUT2D eigenvalue weighted by atomic mass is 10.4. The number of aryl methyl sites for hydroxylation is 1. The van der Waals surface area contributed by atoms with Gasteiger partial charge in [-0.2, -0.15) is 13.2 Å². The molecule has 0 aliphatic carbocycles. The highest BCUT2D eigenvalue weighted by molar-refractivity contribution is 7.71. The Hall–Kier alpha value is -0.780. The molecule has 6 heteroatoms. The van der Waals surface area contributed by atoms with E-state index >= 15 is 0 Å². The Morgan fingerprint density at radius 1 is 1.54 bits per heavy atom. The van der Waals surface area contributed by atoms with Gasteiger partial charge in [-0.05, 0) is 19.1 Å². The Kier molecular flexibility index (Phi) is 2.80. The minimum absolute atomic E-state index is 0.113. The molecule has 0 saturated heterocycles. The van der Waals surface area contributed by atoms with Crippen LogP contribution in [-0.4, -0.2) is 15.7 Å². The number of alkyl halides is 3. The molecule has 1 heterocycles. The first kappa shape index (κ1) is 10.3. The van der Waals surface area contributed by atoms with Gasteiger partial charge < -0.3 is 9.55 Å². The molecule has 1 aromatic heterocycles. The Labute approximate surface area is 78.4 Å². The Bertz CT molecular complexity index is 336. The Morgan fingerprint density at radius 3 is 2.54 bits per heavy atom. The lowest BCUT2D eigenvalue weighted by molar-refractivity contribution is -0.136. The van der Waals surface area contributed by atoms with Crippen LogP contribution >= 0.6 is 12.2 Å². The first-order valence-electron chi connectivity index (χ1n) is 3.72.